The van der Waals surface area contributed by atoms with Crippen LogP contribution in [-0.4, -0.2) is 53.1 Å². The third-order valence-electron chi connectivity index (χ3n) is 5.29. The van der Waals surface area contributed by atoms with E-state index in [1.54, 1.807) is 13.4 Å². The van der Waals surface area contributed by atoms with E-state index in [1.165, 1.54) is 5.56 Å². The first-order valence-corrected chi connectivity index (χ1v) is 9.32. The van der Waals surface area contributed by atoms with Crippen LogP contribution < -0.4 is 9.64 Å². The average Bonchev–Trinajstić information content (AvgIpc) is 2.65. The monoisotopic (exact) mass is 355 g/mol. The smallest absolute Gasteiger partial charge is 0.135 e. The fraction of sp³-hybridized carbons (Fsp3) is 0.550. The highest BCUT2D eigenvalue weighted by Gasteiger charge is 2.22. The number of anilines is 1. The molecule has 6 heteroatoms. The van der Waals surface area contributed by atoms with Crippen LogP contribution in [0.15, 0.2) is 12.5 Å². The van der Waals surface area contributed by atoms with E-state index in [-0.39, 0.29) is 0 Å². The molecule has 0 amide bonds. The molecule has 0 saturated carbocycles. The van der Waals surface area contributed by atoms with Gasteiger partial charge in [-0.15, -0.1) is 0 Å². The fourth-order valence-electron chi connectivity index (χ4n) is 3.73. The number of nitrogens with zero attached hydrogens (tertiary/aromatic N) is 5. The molecule has 3 rings (SSSR count). The van der Waals surface area contributed by atoms with Crippen molar-refractivity contribution in [3.8, 4) is 5.75 Å². The molecule has 0 N–H and O–H groups in total. The molecule has 0 spiro atoms. The van der Waals surface area contributed by atoms with Gasteiger partial charge >= 0.3 is 0 Å². The highest BCUT2D eigenvalue weighted by Crippen LogP contribution is 2.26. The first-order valence-electron chi connectivity index (χ1n) is 9.32. The minimum absolute atomic E-state index is 0.861. The first kappa shape index (κ1) is 18.6. The maximum Gasteiger partial charge on any atom is 0.135 e. The van der Waals surface area contributed by atoms with Crippen molar-refractivity contribution in [1.82, 2.24) is 19.9 Å². The molecule has 0 unspecified atom stereocenters. The molecule has 2 aromatic heterocycles. The molecule has 1 aliphatic rings. The number of rotatable bonds is 5. The Kier molecular flexibility index (Phi) is 5.71. The fourth-order valence-corrected chi connectivity index (χ4v) is 3.73. The zero-order valence-corrected chi connectivity index (χ0v) is 16.5. The van der Waals surface area contributed by atoms with Gasteiger partial charge in [0.15, 0.2) is 0 Å². The Hall–Kier alpha value is -2.21. The van der Waals surface area contributed by atoms with Crippen molar-refractivity contribution in [3.63, 3.8) is 0 Å². The summed E-state index contributed by atoms with van der Waals surface area (Å²) in [5, 5.41) is 0. The summed E-state index contributed by atoms with van der Waals surface area (Å²) in [6.45, 7) is 13.2. The summed E-state index contributed by atoms with van der Waals surface area (Å²) in [5.74, 6) is 2.06. The molecular weight excluding hydrogens is 326 g/mol. The summed E-state index contributed by atoms with van der Waals surface area (Å²) in [6, 6.07) is 0. The van der Waals surface area contributed by atoms with Crippen LogP contribution in [0.1, 0.15) is 35.0 Å². The van der Waals surface area contributed by atoms with Crippen LogP contribution in [0, 0.1) is 20.8 Å². The molecule has 0 aromatic carbocycles. The second kappa shape index (κ2) is 7.99. The van der Waals surface area contributed by atoms with E-state index in [1.807, 2.05) is 13.1 Å². The summed E-state index contributed by atoms with van der Waals surface area (Å²) in [7, 11) is 1.73. The summed E-state index contributed by atoms with van der Waals surface area (Å²) in [5.41, 5.74) is 5.70. The van der Waals surface area contributed by atoms with Gasteiger partial charge < -0.3 is 9.64 Å². The molecule has 1 saturated heterocycles. The molecule has 1 fully saturated rings. The Morgan fingerprint density at radius 3 is 2.42 bits per heavy atom. The van der Waals surface area contributed by atoms with Crippen molar-refractivity contribution in [3.05, 3.63) is 40.6 Å². The summed E-state index contributed by atoms with van der Waals surface area (Å²) in [4.78, 5) is 18.4. The van der Waals surface area contributed by atoms with Crippen LogP contribution in [-0.2, 0) is 13.0 Å². The van der Waals surface area contributed by atoms with E-state index in [9.17, 15) is 0 Å². The third kappa shape index (κ3) is 3.65. The maximum absolute atomic E-state index is 5.54. The molecule has 0 radical (unpaired) electrons. The number of aromatic nitrogens is 3. The van der Waals surface area contributed by atoms with Gasteiger partial charge in [0.1, 0.15) is 17.9 Å². The predicted molar refractivity (Wildman–Crippen MR) is 104 cm³/mol. The van der Waals surface area contributed by atoms with Gasteiger partial charge in [-0.3, -0.25) is 9.88 Å². The SMILES string of the molecule is CCc1c(C)ncnc1N1CCN(Cc2ncc(C)c(OC)c2C)CC1. The normalized spacial score (nSPS) is 15.3. The van der Waals surface area contributed by atoms with Crippen LogP contribution >= 0.6 is 0 Å². The van der Waals surface area contributed by atoms with Crippen LogP contribution in [0.2, 0.25) is 0 Å². The number of aryl methyl sites for hydroxylation is 2. The molecule has 6 nitrogen and oxygen atoms in total. The number of methoxy groups -OCH3 is 1. The minimum Gasteiger partial charge on any atom is -0.496 e. The summed E-state index contributed by atoms with van der Waals surface area (Å²) in [6.07, 6.45) is 4.56. The van der Waals surface area contributed by atoms with Crippen molar-refractivity contribution in [2.45, 2.75) is 40.7 Å². The molecule has 2 aromatic rings. The predicted octanol–water partition coefficient (Wildman–Crippen LogP) is 2.69. The second-order valence-electron chi connectivity index (χ2n) is 6.92. The van der Waals surface area contributed by atoms with E-state index in [4.69, 9.17) is 4.74 Å². The van der Waals surface area contributed by atoms with E-state index >= 15 is 0 Å². The first-order chi connectivity index (χ1) is 12.5. The largest absolute Gasteiger partial charge is 0.496 e. The Balaban J connectivity index is 1.68. The molecule has 1 aliphatic heterocycles. The van der Waals surface area contributed by atoms with E-state index in [2.05, 4.69) is 45.5 Å². The van der Waals surface area contributed by atoms with Gasteiger partial charge in [-0.25, -0.2) is 9.97 Å². The zero-order valence-electron chi connectivity index (χ0n) is 16.5. The van der Waals surface area contributed by atoms with E-state index in [0.717, 1.165) is 73.2 Å². The lowest BCUT2D eigenvalue weighted by Gasteiger charge is -2.36. The number of piperazine rings is 1. The summed E-state index contributed by atoms with van der Waals surface area (Å²) < 4.78 is 5.54. The Morgan fingerprint density at radius 2 is 1.77 bits per heavy atom. The lowest BCUT2D eigenvalue weighted by Crippen LogP contribution is -2.46. The highest BCUT2D eigenvalue weighted by molar-refractivity contribution is 5.49. The molecule has 0 aliphatic carbocycles. The average molecular weight is 355 g/mol. The Labute approximate surface area is 156 Å². The standard InChI is InChI=1S/C20H29N5O/c1-6-17-16(4)22-13-23-20(17)25-9-7-24(8-10-25)12-18-15(3)19(26-5)14(2)11-21-18/h11,13H,6-10,12H2,1-5H3. The second-order valence-corrected chi connectivity index (χ2v) is 6.92. The molecule has 3 heterocycles. The maximum atomic E-state index is 5.54. The van der Waals surface area contributed by atoms with Gasteiger partial charge in [0.05, 0.1) is 12.8 Å². The van der Waals surface area contributed by atoms with E-state index in [0.29, 0.717) is 0 Å². The third-order valence-corrected chi connectivity index (χ3v) is 5.29. The number of ether oxygens (including phenoxy) is 1. The Bertz CT molecular complexity index is 769. The van der Waals surface area contributed by atoms with Crippen LogP contribution in [0.25, 0.3) is 0 Å². The number of pyridine rings is 1. The van der Waals surface area contributed by atoms with Crippen molar-refractivity contribution in [2.24, 2.45) is 0 Å². The van der Waals surface area contributed by atoms with Crippen molar-refractivity contribution < 1.29 is 4.74 Å². The zero-order chi connectivity index (χ0) is 18.7. The minimum atomic E-state index is 0.861. The lowest BCUT2D eigenvalue weighted by molar-refractivity contribution is 0.245. The highest BCUT2D eigenvalue weighted by atomic mass is 16.5. The van der Waals surface area contributed by atoms with Crippen molar-refractivity contribution >= 4 is 5.82 Å². The number of hydrogen-bond acceptors (Lipinski definition) is 6. The van der Waals surface area contributed by atoms with Gasteiger partial charge in [0.25, 0.3) is 0 Å². The quantitative estimate of drug-likeness (QED) is 0.822. The van der Waals surface area contributed by atoms with Gasteiger partial charge in [0.2, 0.25) is 0 Å². The van der Waals surface area contributed by atoms with Crippen LogP contribution in [0.4, 0.5) is 5.82 Å². The molecule has 0 bridgehead atoms. The van der Waals surface area contributed by atoms with Crippen molar-refractivity contribution in [1.29, 1.82) is 0 Å². The topological polar surface area (TPSA) is 54.4 Å². The summed E-state index contributed by atoms with van der Waals surface area (Å²) >= 11 is 0. The molecular formula is C20H29N5O. The van der Waals surface area contributed by atoms with E-state index < -0.39 is 0 Å². The molecule has 26 heavy (non-hydrogen) atoms. The van der Waals surface area contributed by atoms with Gasteiger partial charge in [-0.05, 0) is 27.2 Å². The Morgan fingerprint density at radius 1 is 1.04 bits per heavy atom. The van der Waals surface area contributed by atoms with Crippen LogP contribution in [0.5, 0.6) is 5.75 Å². The lowest BCUT2D eigenvalue weighted by atomic mass is 10.1. The van der Waals surface area contributed by atoms with Gasteiger partial charge in [0, 0.05) is 61.3 Å². The van der Waals surface area contributed by atoms with Crippen LogP contribution in [0.3, 0.4) is 0 Å². The van der Waals surface area contributed by atoms with Crippen molar-refractivity contribution in [2.75, 3.05) is 38.2 Å². The van der Waals surface area contributed by atoms with Gasteiger partial charge in [-0.2, -0.15) is 0 Å². The molecule has 0 atom stereocenters. The number of hydrogen-bond donors (Lipinski definition) is 0. The van der Waals surface area contributed by atoms with Gasteiger partial charge in [-0.1, -0.05) is 6.92 Å². The molecule has 140 valence electrons.